The Labute approximate surface area is 109 Å². The number of hydrogen-bond donors (Lipinski definition) is 3. The van der Waals surface area contributed by atoms with Crippen molar-refractivity contribution in [3.63, 3.8) is 0 Å². The molecular formula is C10H17N5O4. The van der Waals surface area contributed by atoms with Crippen LogP contribution in [0.5, 0.6) is 0 Å². The van der Waals surface area contributed by atoms with Crippen LogP contribution in [-0.4, -0.2) is 68.9 Å². The Kier molecular flexibility index (Phi) is 5.73. The Bertz CT molecular complexity index is 433. The largest absolute Gasteiger partial charge is 0.476 e. The molecular weight excluding hydrogens is 254 g/mol. The standard InChI is InChI=1S/C10H17N5O4/c1-14(4-2-6-16)10(19)11-3-5-15-7-8(9(17)18)12-13-15/h7,16H,2-6H2,1H3,(H,11,19)(H,17,18). The first-order valence-electron chi connectivity index (χ1n) is 5.78. The zero-order chi connectivity index (χ0) is 14.3. The molecule has 2 amide bonds. The van der Waals surface area contributed by atoms with Gasteiger partial charge in [-0.15, -0.1) is 5.10 Å². The van der Waals surface area contributed by atoms with Gasteiger partial charge in [0, 0.05) is 26.7 Å². The van der Waals surface area contributed by atoms with E-state index in [4.69, 9.17) is 10.2 Å². The molecule has 0 aliphatic carbocycles. The summed E-state index contributed by atoms with van der Waals surface area (Å²) in [6.07, 6.45) is 1.82. The summed E-state index contributed by atoms with van der Waals surface area (Å²) < 4.78 is 1.34. The van der Waals surface area contributed by atoms with Gasteiger partial charge in [-0.25, -0.2) is 14.3 Å². The summed E-state index contributed by atoms with van der Waals surface area (Å²) in [6, 6.07) is -0.257. The first kappa shape index (κ1) is 14.9. The smallest absolute Gasteiger partial charge is 0.358 e. The maximum Gasteiger partial charge on any atom is 0.358 e. The summed E-state index contributed by atoms with van der Waals surface area (Å²) in [5, 5.41) is 27.0. The Morgan fingerprint density at radius 2 is 2.26 bits per heavy atom. The predicted octanol–water partition coefficient (Wildman–Crippen LogP) is -1.000. The number of carbonyl (C=O) groups is 2. The zero-order valence-electron chi connectivity index (χ0n) is 10.6. The molecule has 0 aliphatic heterocycles. The number of aromatic nitrogens is 3. The minimum atomic E-state index is -1.14. The summed E-state index contributed by atoms with van der Waals surface area (Å²) in [6.45, 7) is 1.15. The van der Waals surface area contributed by atoms with Crippen molar-refractivity contribution < 1.29 is 19.8 Å². The minimum Gasteiger partial charge on any atom is -0.476 e. The van der Waals surface area contributed by atoms with Crippen molar-refractivity contribution in [2.45, 2.75) is 13.0 Å². The summed E-state index contributed by atoms with van der Waals surface area (Å²) >= 11 is 0. The topological polar surface area (TPSA) is 121 Å². The van der Waals surface area contributed by atoms with Crippen molar-refractivity contribution in [1.82, 2.24) is 25.2 Å². The van der Waals surface area contributed by atoms with Gasteiger partial charge in [0.05, 0.1) is 12.7 Å². The molecule has 0 radical (unpaired) electrons. The second-order valence-electron chi connectivity index (χ2n) is 3.90. The lowest BCUT2D eigenvalue weighted by Crippen LogP contribution is -2.39. The predicted molar refractivity (Wildman–Crippen MR) is 64.7 cm³/mol. The maximum absolute atomic E-state index is 11.5. The molecule has 3 N–H and O–H groups in total. The summed E-state index contributed by atoms with van der Waals surface area (Å²) in [5.41, 5.74) is -0.133. The fourth-order valence-corrected chi connectivity index (χ4v) is 1.33. The highest BCUT2D eigenvalue weighted by atomic mass is 16.4. The summed E-state index contributed by atoms with van der Waals surface area (Å²) in [4.78, 5) is 23.6. The molecule has 0 aliphatic rings. The van der Waals surface area contributed by atoms with Gasteiger partial charge in [0.1, 0.15) is 0 Å². The van der Waals surface area contributed by atoms with Gasteiger partial charge in [-0.05, 0) is 6.42 Å². The van der Waals surface area contributed by atoms with Crippen LogP contribution in [0.15, 0.2) is 6.20 Å². The maximum atomic E-state index is 11.5. The number of hydrogen-bond acceptors (Lipinski definition) is 5. The van der Waals surface area contributed by atoms with E-state index in [-0.39, 0.29) is 18.3 Å². The fourth-order valence-electron chi connectivity index (χ4n) is 1.33. The molecule has 9 nitrogen and oxygen atoms in total. The third-order valence-corrected chi connectivity index (χ3v) is 2.37. The van der Waals surface area contributed by atoms with E-state index >= 15 is 0 Å². The van der Waals surface area contributed by atoms with E-state index in [1.165, 1.54) is 15.8 Å². The number of aliphatic hydroxyl groups excluding tert-OH is 1. The Morgan fingerprint density at radius 3 is 2.84 bits per heavy atom. The molecule has 1 aromatic rings. The minimum absolute atomic E-state index is 0.0363. The number of carboxylic acids is 1. The Hall–Kier alpha value is -2.16. The summed E-state index contributed by atoms with van der Waals surface area (Å²) in [5.74, 6) is -1.14. The molecule has 0 aromatic carbocycles. The highest BCUT2D eigenvalue weighted by Gasteiger charge is 2.09. The summed E-state index contributed by atoms with van der Waals surface area (Å²) in [7, 11) is 1.63. The number of rotatable bonds is 7. The molecule has 1 heterocycles. The van der Waals surface area contributed by atoms with E-state index in [9.17, 15) is 9.59 Å². The SMILES string of the molecule is CN(CCCO)C(=O)NCCn1cc(C(=O)O)nn1. The van der Waals surface area contributed by atoms with Crippen LogP contribution in [0, 0.1) is 0 Å². The number of aliphatic hydroxyl groups is 1. The van der Waals surface area contributed by atoms with Gasteiger partial charge >= 0.3 is 12.0 Å². The number of carboxylic acid groups (broad SMARTS) is 1. The molecule has 0 fully saturated rings. The molecule has 0 saturated heterocycles. The molecule has 0 unspecified atom stereocenters. The van der Waals surface area contributed by atoms with Crippen LogP contribution < -0.4 is 5.32 Å². The molecule has 0 spiro atoms. The quantitative estimate of drug-likeness (QED) is 0.585. The lowest BCUT2D eigenvalue weighted by atomic mass is 10.4. The molecule has 1 rings (SSSR count). The fraction of sp³-hybridized carbons (Fsp3) is 0.600. The molecule has 9 heteroatoms. The van der Waals surface area contributed by atoms with Crippen LogP contribution in [-0.2, 0) is 6.54 Å². The zero-order valence-corrected chi connectivity index (χ0v) is 10.6. The highest BCUT2D eigenvalue weighted by Crippen LogP contribution is 1.92. The third kappa shape index (κ3) is 4.92. The molecule has 0 bridgehead atoms. The van der Waals surface area contributed by atoms with Crippen molar-refractivity contribution in [2.75, 3.05) is 26.7 Å². The van der Waals surface area contributed by atoms with E-state index in [0.29, 0.717) is 26.1 Å². The van der Waals surface area contributed by atoms with Crippen LogP contribution in [0.4, 0.5) is 4.79 Å². The van der Waals surface area contributed by atoms with Gasteiger partial charge in [-0.2, -0.15) is 0 Å². The first-order valence-corrected chi connectivity index (χ1v) is 5.78. The van der Waals surface area contributed by atoms with Crippen molar-refractivity contribution in [1.29, 1.82) is 0 Å². The van der Waals surface area contributed by atoms with Gasteiger partial charge in [0.2, 0.25) is 0 Å². The third-order valence-electron chi connectivity index (χ3n) is 2.37. The second kappa shape index (κ2) is 7.31. The van der Waals surface area contributed by atoms with Gasteiger partial charge in [0.25, 0.3) is 0 Å². The average molecular weight is 271 g/mol. The van der Waals surface area contributed by atoms with Crippen molar-refractivity contribution in [2.24, 2.45) is 0 Å². The lowest BCUT2D eigenvalue weighted by Gasteiger charge is -2.17. The second-order valence-corrected chi connectivity index (χ2v) is 3.90. The van der Waals surface area contributed by atoms with Crippen LogP contribution >= 0.6 is 0 Å². The number of nitrogens with zero attached hydrogens (tertiary/aromatic N) is 4. The molecule has 106 valence electrons. The van der Waals surface area contributed by atoms with E-state index in [2.05, 4.69) is 15.6 Å². The van der Waals surface area contributed by atoms with E-state index in [0.717, 1.165) is 0 Å². The number of aromatic carboxylic acids is 1. The van der Waals surface area contributed by atoms with E-state index in [1.54, 1.807) is 7.05 Å². The van der Waals surface area contributed by atoms with E-state index in [1.807, 2.05) is 0 Å². The molecule has 0 saturated carbocycles. The number of carbonyl (C=O) groups excluding carboxylic acids is 1. The van der Waals surface area contributed by atoms with Crippen molar-refractivity contribution in [3.8, 4) is 0 Å². The Morgan fingerprint density at radius 1 is 1.53 bits per heavy atom. The molecule has 19 heavy (non-hydrogen) atoms. The van der Waals surface area contributed by atoms with Gasteiger partial charge in [-0.3, -0.25) is 0 Å². The number of amides is 2. The van der Waals surface area contributed by atoms with Crippen LogP contribution in [0.25, 0.3) is 0 Å². The first-order chi connectivity index (χ1) is 9.04. The van der Waals surface area contributed by atoms with Gasteiger partial charge in [-0.1, -0.05) is 5.21 Å². The normalized spacial score (nSPS) is 10.2. The lowest BCUT2D eigenvalue weighted by molar-refractivity contribution is 0.0690. The van der Waals surface area contributed by atoms with Crippen LogP contribution in [0.2, 0.25) is 0 Å². The average Bonchev–Trinajstić information content (AvgIpc) is 2.84. The van der Waals surface area contributed by atoms with Crippen LogP contribution in [0.3, 0.4) is 0 Å². The van der Waals surface area contributed by atoms with Gasteiger partial charge < -0.3 is 20.4 Å². The molecule has 0 atom stereocenters. The van der Waals surface area contributed by atoms with Crippen molar-refractivity contribution >= 4 is 12.0 Å². The monoisotopic (exact) mass is 271 g/mol. The Balaban J connectivity index is 2.29. The number of nitrogens with one attached hydrogen (secondary N) is 1. The van der Waals surface area contributed by atoms with Crippen molar-refractivity contribution in [3.05, 3.63) is 11.9 Å². The van der Waals surface area contributed by atoms with Crippen LogP contribution in [0.1, 0.15) is 16.9 Å². The molecule has 1 aromatic heterocycles. The number of urea groups is 1. The van der Waals surface area contributed by atoms with Gasteiger partial charge in [0.15, 0.2) is 5.69 Å². The van der Waals surface area contributed by atoms with E-state index < -0.39 is 5.97 Å². The highest BCUT2D eigenvalue weighted by molar-refractivity contribution is 5.84.